The maximum atomic E-state index is 12.6. The normalized spacial score (nSPS) is 14.7. The van der Waals surface area contributed by atoms with Crippen LogP contribution in [0.5, 0.6) is 0 Å². The fourth-order valence-electron chi connectivity index (χ4n) is 2.49. The number of hydrogen-bond donors (Lipinski definition) is 2. The van der Waals surface area contributed by atoms with Crippen LogP contribution in [0.1, 0.15) is 15.2 Å². The highest BCUT2D eigenvalue weighted by Gasteiger charge is 2.38. The van der Waals surface area contributed by atoms with Crippen molar-refractivity contribution in [3.63, 3.8) is 0 Å². The number of nitrogens with zero attached hydrogens (tertiary/aromatic N) is 5. The van der Waals surface area contributed by atoms with Crippen molar-refractivity contribution < 1.29 is 18.3 Å². The number of carboxylic acids is 1. The molecular formula is C17H12N6O4S3. The first-order valence-corrected chi connectivity index (χ1v) is 11.4. The Kier molecular flexibility index (Phi) is 5.32. The van der Waals surface area contributed by atoms with E-state index in [0.29, 0.717) is 15.6 Å². The summed E-state index contributed by atoms with van der Waals surface area (Å²) in [4.78, 5) is 14.0. The number of aromatic nitrogens is 1. The molecule has 0 unspecified atom stereocenters. The van der Waals surface area contributed by atoms with Crippen LogP contribution in [0.4, 0.5) is 5.69 Å². The minimum absolute atomic E-state index is 0.0598. The van der Waals surface area contributed by atoms with Gasteiger partial charge in [-0.05, 0) is 46.5 Å². The molecule has 0 spiro atoms. The van der Waals surface area contributed by atoms with Crippen molar-refractivity contribution in [2.75, 3.05) is 4.72 Å². The van der Waals surface area contributed by atoms with Gasteiger partial charge in [-0.1, -0.05) is 30.3 Å². The zero-order valence-corrected chi connectivity index (χ0v) is 17.4. The first kappa shape index (κ1) is 20.1. The van der Waals surface area contributed by atoms with Crippen LogP contribution in [0.15, 0.2) is 90.7 Å². The van der Waals surface area contributed by atoms with Crippen LogP contribution in [0, 0.1) is 0 Å². The summed E-state index contributed by atoms with van der Waals surface area (Å²) in [6.45, 7) is 0. The van der Waals surface area contributed by atoms with Crippen molar-refractivity contribution in [1.29, 1.82) is 0 Å². The van der Waals surface area contributed by atoms with Crippen molar-refractivity contribution in [2.24, 2.45) is 20.7 Å². The number of nitrogens with one attached hydrogen (secondary N) is 1. The van der Waals surface area contributed by atoms with Crippen LogP contribution < -0.4 is 4.72 Å². The van der Waals surface area contributed by atoms with Gasteiger partial charge in [-0.2, -0.15) is 0 Å². The van der Waals surface area contributed by atoms with E-state index in [0.717, 1.165) is 23.1 Å². The highest BCUT2D eigenvalue weighted by Crippen LogP contribution is 2.47. The van der Waals surface area contributed by atoms with E-state index in [1.807, 2.05) is 0 Å². The van der Waals surface area contributed by atoms with Gasteiger partial charge in [-0.3, -0.25) is 4.72 Å². The Bertz CT molecular complexity index is 1230. The highest BCUT2D eigenvalue weighted by atomic mass is 32.2. The molecule has 0 saturated carbocycles. The van der Waals surface area contributed by atoms with Crippen LogP contribution >= 0.6 is 23.1 Å². The maximum absolute atomic E-state index is 12.6. The molecule has 0 fully saturated rings. The van der Waals surface area contributed by atoms with E-state index < -0.39 is 21.0 Å². The molecule has 0 saturated heterocycles. The molecule has 0 aliphatic carbocycles. The molecule has 2 aromatic carbocycles. The van der Waals surface area contributed by atoms with Gasteiger partial charge in [0.05, 0.1) is 11.1 Å². The average molecular weight is 461 g/mol. The Hall–Kier alpha value is -3.16. The van der Waals surface area contributed by atoms with Crippen molar-refractivity contribution in [2.45, 2.75) is 14.2 Å². The van der Waals surface area contributed by atoms with Crippen LogP contribution in [0.25, 0.3) is 0 Å². The smallest absolute Gasteiger partial charge is 0.347 e. The second-order valence-electron chi connectivity index (χ2n) is 5.88. The largest absolute Gasteiger partial charge is 0.477 e. The number of carbonyl (C=O) groups is 1. The van der Waals surface area contributed by atoms with Crippen LogP contribution in [-0.4, -0.2) is 24.5 Å². The minimum Gasteiger partial charge on any atom is -0.477 e. The predicted octanol–water partition coefficient (Wildman–Crippen LogP) is 4.38. The summed E-state index contributed by atoms with van der Waals surface area (Å²) in [5.41, 5.74) is 0.966. The third-order valence-corrected chi connectivity index (χ3v) is 7.53. The summed E-state index contributed by atoms with van der Waals surface area (Å²) >= 11 is 2.04. The van der Waals surface area contributed by atoms with E-state index in [-0.39, 0.29) is 9.77 Å². The molecule has 3 aromatic rings. The first-order valence-electron chi connectivity index (χ1n) is 8.29. The predicted molar refractivity (Wildman–Crippen MR) is 110 cm³/mol. The Morgan fingerprint density at radius 3 is 2.30 bits per heavy atom. The van der Waals surface area contributed by atoms with Gasteiger partial charge < -0.3 is 5.11 Å². The second kappa shape index (κ2) is 7.93. The summed E-state index contributed by atoms with van der Waals surface area (Å²) in [6.07, 6.45) is 1.25. The van der Waals surface area contributed by atoms with Gasteiger partial charge in [-0.15, -0.1) is 21.6 Å². The van der Waals surface area contributed by atoms with Gasteiger partial charge in [-0.25, -0.2) is 18.2 Å². The molecule has 13 heteroatoms. The summed E-state index contributed by atoms with van der Waals surface area (Å²) in [6, 6.07) is 14.5. The maximum Gasteiger partial charge on any atom is 0.347 e. The molecule has 30 heavy (non-hydrogen) atoms. The van der Waals surface area contributed by atoms with E-state index in [4.69, 9.17) is 5.11 Å². The molecule has 1 aromatic heterocycles. The van der Waals surface area contributed by atoms with Gasteiger partial charge in [0.2, 0.25) is 0 Å². The molecule has 152 valence electrons. The zero-order chi connectivity index (χ0) is 21.2. The Morgan fingerprint density at radius 1 is 1.03 bits per heavy atom. The van der Waals surface area contributed by atoms with Gasteiger partial charge in [0, 0.05) is 11.3 Å². The number of para-hydroxylation sites is 1. The van der Waals surface area contributed by atoms with Crippen molar-refractivity contribution in [1.82, 2.24) is 4.98 Å². The number of benzene rings is 2. The molecule has 2 N–H and O–H groups in total. The van der Waals surface area contributed by atoms with E-state index in [9.17, 15) is 13.2 Å². The minimum atomic E-state index is -3.78. The summed E-state index contributed by atoms with van der Waals surface area (Å²) in [7, 11) is -3.78. The molecule has 0 amide bonds. The molecular weight excluding hydrogens is 448 g/mol. The fraction of sp³-hybridized carbons (Fsp3) is 0.0588. The van der Waals surface area contributed by atoms with Crippen molar-refractivity contribution >= 4 is 44.8 Å². The molecule has 10 nitrogen and oxygen atoms in total. The molecule has 4 rings (SSSR count). The summed E-state index contributed by atoms with van der Waals surface area (Å²) < 4.78 is 28.1. The molecule has 1 aliphatic heterocycles. The summed E-state index contributed by atoms with van der Waals surface area (Å²) in [5, 5.41) is 24.3. The number of sulfonamides is 1. The van der Waals surface area contributed by atoms with Crippen molar-refractivity contribution in [3.05, 3.63) is 71.2 Å². The van der Waals surface area contributed by atoms with E-state index >= 15 is 0 Å². The van der Waals surface area contributed by atoms with Gasteiger partial charge in [0.25, 0.3) is 15.0 Å². The van der Waals surface area contributed by atoms with E-state index in [1.165, 1.54) is 18.3 Å². The number of hydrogen-bond acceptors (Lipinski definition) is 10. The molecule has 0 radical (unpaired) electrons. The zero-order valence-electron chi connectivity index (χ0n) is 14.9. The number of thioether (sulfide) groups is 1. The topological polar surface area (TPSA) is 146 Å². The lowest BCUT2D eigenvalue weighted by molar-refractivity contribution is 0.0702. The Balaban J connectivity index is 1.60. The molecule has 1 aliphatic rings. The van der Waals surface area contributed by atoms with Gasteiger partial charge in [0.1, 0.15) is 4.88 Å². The SMILES string of the molecule is O=C(O)c1cnc(SC2(c3ccc(S(=O)(=O)Nc4ccccc4)cc3)N=NN=N2)s1. The van der Waals surface area contributed by atoms with Crippen LogP contribution in [-0.2, 0) is 15.0 Å². The molecule has 0 bridgehead atoms. The number of thiazole rings is 1. The fourth-order valence-corrected chi connectivity index (χ4v) is 5.58. The average Bonchev–Trinajstić information content (AvgIpc) is 3.39. The van der Waals surface area contributed by atoms with Crippen LogP contribution in [0.2, 0.25) is 0 Å². The van der Waals surface area contributed by atoms with Gasteiger partial charge >= 0.3 is 5.97 Å². The number of rotatable bonds is 7. The lowest BCUT2D eigenvalue weighted by Crippen LogP contribution is -2.15. The Labute approximate surface area is 178 Å². The van der Waals surface area contributed by atoms with E-state index in [2.05, 4.69) is 30.4 Å². The third kappa shape index (κ3) is 4.08. The molecule has 2 heterocycles. The number of aromatic carboxylic acids is 1. The standard InChI is InChI=1S/C17H12N6O4S3/c24-15(25)14-10-18-16(28-14)29-17(20-22-23-21-17)11-6-8-13(9-7-11)30(26,27)19-12-4-2-1-3-5-12/h1-10,19H,(H,24,25). The van der Waals surface area contributed by atoms with Crippen molar-refractivity contribution in [3.8, 4) is 0 Å². The quantitative estimate of drug-likeness (QED) is 0.535. The highest BCUT2D eigenvalue weighted by molar-refractivity contribution is 8.01. The third-order valence-electron chi connectivity index (χ3n) is 3.89. The number of carboxylic acid groups (broad SMARTS) is 1. The van der Waals surface area contributed by atoms with E-state index in [1.54, 1.807) is 42.5 Å². The number of anilines is 1. The molecule has 0 atom stereocenters. The second-order valence-corrected chi connectivity index (χ2v) is 10.0. The lowest BCUT2D eigenvalue weighted by atomic mass is 10.2. The summed E-state index contributed by atoms with van der Waals surface area (Å²) in [5.74, 6) is -1.08. The monoisotopic (exact) mass is 460 g/mol. The van der Waals surface area contributed by atoms with Crippen LogP contribution in [0.3, 0.4) is 0 Å². The Morgan fingerprint density at radius 2 is 1.70 bits per heavy atom. The first-order chi connectivity index (χ1) is 14.4. The lowest BCUT2D eigenvalue weighted by Gasteiger charge is -2.18. The van der Waals surface area contributed by atoms with Gasteiger partial charge in [0.15, 0.2) is 4.34 Å².